The summed E-state index contributed by atoms with van der Waals surface area (Å²) in [5.41, 5.74) is -0.110. The van der Waals surface area contributed by atoms with E-state index in [0.717, 1.165) is 43.3 Å². The highest BCUT2D eigenvalue weighted by Crippen LogP contribution is 2.21. The lowest BCUT2D eigenvalue weighted by Crippen LogP contribution is -2.44. The van der Waals surface area contributed by atoms with Crippen LogP contribution >= 0.6 is 11.8 Å². The summed E-state index contributed by atoms with van der Waals surface area (Å²) < 4.78 is 3.02. The highest BCUT2D eigenvalue weighted by molar-refractivity contribution is 7.99. The second-order valence-electron chi connectivity index (χ2n) is 5.11. The molecule has 0 bridgehead atoms. The van der Waals surface area contributed by atoms with Gasteiger partial charge >= 0.3 is 5.69 Å². The number of aryl methyl sites for hydroxylation is 2. The van der Waals surface area contributed by atoms with Crippen LogP contribution in [-0.4, -0.2) is 49.7 Å². The standard InChI is InChI=1S/C12H18N4O2S/c1-14-12(18)16-8-9(2-3-10(16)13-14)11(17)15-4-6-19-7-5-15/h9H,2-8H2,1H3/t9-/m0/s1. The van der Waals surface area contributed by atoms with Gasteiger partial charge in [0.1, 0.15) is 5.82 Å². The molecule has 0 aromatic carbocycles. The van der Waals surface area contributed by atoms with Gasteiger partial charge in [0.15, 0.2) is 0 Å². The third kappa shape index (κ3) is 2.31. The van der Waals surface area contributed by atoms with Gasteiger partial charge in [-0.15, -0.1) is 0 Å². The van der Waals surface area contributed by atoms with Crippen molar-refractivity contribution in [2.24, 2.45) is 13.0 Å². The monoisotopic (exact) mass is 282 g/mol. The van der Waals surface area contributed by atoms with E-state index in [1.807, 2.05) is 16.7 Å². The predicted octanol–water partition coefficient (Wildman–Crippen LogP) is -0.280. The van der Waals surface area contributed by atoms with Crippen LogP contribution in [0.15, 0.2) is 4.79 Å². The fourth-order valence-corrected chi connectivity index (χ4v) is 3.69. The van der Waals surface area contributed by atoms with Crippen LogP contribution in [0.4, 0.5) is 0 Å². The van der Waals surface area contributed by atoms with Crippen molar-refractivity contribution in [1.29, 1.82) is 0 Å². The average molecular weight is 282 g/mol. The van der Waals surface area contributed by atoms with Gasteiger partial charge in [0.05, 0.1) is 5.92 Å². The summed E-state index contributed by atoms with van der Waals surface area (Å²) in [6.45, 7) is 2.17. The van der Waals surface area contributed by atoms with Crippen molar-refractivity contribution in [2.45, 2.75) is 19.4 Å². The number of hydrogen-bond donors (Lipinski definition) is 0. The molecule has 2 aliphatic rings. The van der Waals surface area contributed by atoms with Crippen molar-refractivity contribution >= 4 is 17.7 Å². The molecular weight excluding hydrogens is 264 g/mol. The van der Waals surface area contributed by atoms with E-state index in [4.69, 9.17) is 0 Å². The fourth-order valence-electron chi connectivity index (χ4n) is 2.78. The molecule has 1 fully saturated rings. The number of nitrogens with zero attached hydrogens (tertiary/aromatic N) is 4. The Kier molecular flexibility index (Phi) is 3.38. The molecular formula is C12H18N4O2S. The van der Waals surface area contributed by atoms with Gasteiger partial charge in [0.25, 0.3) is 0 Å². The van der Waals surface area contributed by atoms with Gasteiger partial charge in [-0.1, -0.05) is 0 Å². The Labute approximate surface area is 115 Å². The minimum atomic E-state index is -0.110. The highest BCUT2D eigenvalue weighted by atomic mass is 32.2. The van der Waals surface area contributed by atoms with Gasteiger partial charge in [-0.05, 0) is 6.42 Å². The molecule has 7 heteroatoms. The van der Waals surface area contributed by atoms with Crippen molar-refractivity contribution in [1.82, 2.24) is 19.2 Å². The Morgan fingerprint density at radius 2 is 2.11 bits per heavy atom. The molecule has 19 heavy (non-hydrogen) atoms. The topological polar surface area (TPSA) is 60.1 Å². The maximum Gasteiger partial charge on any atom is 0.345 e. The smallest absolute Gasteiger partial charge is 0.341 e. The third-order valence-electron chi connectivity index (χ3n) is 3.88. The Balaban J connectivity index is 1.76. The van der Waals surface area contributed by atoms with Gasteiger partial charge in [0, 0.05) is 44.6 Å². The van der Waals surface area contributed by atoms with E-state index in [1.54, 1.807) is 11.6 Å². The molecule has 1 amide bonds. The minimum absolute atomic E-state index is 0.0579. The number of amides is 1. The van der Waals surface area contributed by atoms with Gasteiger partial charge in [-0.3, -0.25) is 9.36 Å². The zero-order valence-electron chi connectivity index (χ0n) is 11.0. The number of carbonyl (C=O) groups is 1. The molecule has 6 nitrogen and oxygen atoms in total. The van der Waals surface area contributed by atoms with E-state index >= 15 is 0 Å². The zero-order valence-corrected chi connectivity index (χ0v) is 11.9. The van der Waals surface area contributed by atoms with Crippen molar-refractivity contribution in [3.05, 3.63) is 16.3 Å². The number of thioether (sulfide) groups is 1. The van der Waals surface area contributed by atoms with E-state index in [0.29, 0.717) is 6.54 Å². The van der Waals surface area contributed by atoms with Gasteiger partial charge in [-0.2, -0.15) is 16.9 Å². The summed E-state index contributed by atoms with van der Waals surface area (Å²) in [6, 6.07) is 0. The first-order valence-corrected chi connectivity index (χ1v) is 7.81. The molecule has 0 unspecified atom stereocenters. The Hall–Kier alpha value is -1.24. The Morgan fingerprint density at radius 1 is 1.37 bits per heavy atom. The first-order chi connectivity index (χ1) is 9.16. The summed E-state index contributed by atoms with van der Waals surface area (Å²) in [6.07, 6.45) is 1.52. The number of carbonyl (C=O) groups excluding carboxylic acids is 1. The Morgan fingerprint density at radius 3 is 2.84 bits per heavy atom. The molecule has 2 aliphatic heterocycles. The van der Waals surface area contributed by atoms with Crippen LogP contribution in [0.3, 0.4) is 0 Å². The summed E-state index contributed by atoms with van der Waals surface area (Å²) in [5, 5.41) is 4.20. The molecule has 1 aromatic rings. The highest BCUT2D eigenvalue weighted by Gasteiger charge is 2.31. The molecule has 0 saturated carbocycles. The third-order valence-corrected chi connectivity index (χ3v) is 4.82. The van der Waals surface area contributed by atoms with E-state index in [9.17, 15) is 9.59 Å². The minimum Gasteiger partial charge on any atom is -0.341 e. The maximum absolute atomic E-state index is 12.5. The van der Waals surface area contributed by atoms with Crippen LogP contribution in [0.1, 0.15) is 12.2 Å². The van der Waals surface area contributed by atoms with Crippen LogP contribution in [0.2, 0.25) is 0 Å². The molecule has 1 saturated heterocycles. The molecule has 0 spiro atoms. The summed E-state index contributed by atoms with van der Waals surface area (Å²) >= 11 is 1.89. The summed E-state index contributed by atoms with van der Waals surface area (Å²) in [4.78, 5) is 26.3. The van der Waals surface area contributed by atoms with Gasteiger partial charge in [0.2, 0.25) is 5.91 Å². The number of rotatable bonds is 1. The van der Waals surface area contributed by atoms with Crippen molar-refractivity contribution in [2.75, 3.05) is 24.6 Å². The molecule has 3 rings (SSSR count). The molecule has 0 N–H and O–H groups in total. The van der Waals surface area contributed by atoms with Crippen molar-refractivity contribution in [3.63, 3.8) is 0 Å². The molecule has 1 atom stereocenters. The van der Waals surface area contributed by atoms with Gasteiger partial charge < -0.3 is 4.90 Å². The molecule has 1 aromatic heterocycles. The van der Waals surface area contributed by atoms with Crippen LogP contribution in [0, 0.1) is 5.92 Å². The predicted molar refractivity (Wildman–Crippen MR) is 73.2 cm³/mol. The summed E-state index contributed by atoms with van der Waals surface area (Å²) in [7, 11) is 1.66. The van der Waals surface area contributed by atoms with Crippen molar-refractivity contribution in [3.8, 4) is 0 Å². The quantitative estimate of drug-likeness (QED) is 0.711. The summed E-state index contributed by atoms with van der Waals surface area (Å²) in [5.74, 6) is 3.01. The molecule has 104 valence electrons. The second kappa shape index (κ2) is 5.03. The lowest BCUT2D eigenvalue weighted by atomic mass is 9.98. The SMILES string of the molecule is Cn1nc2n(c1=O)C[C@@H](C(=O)N1CCSCC1)CC2. The van der Waals surface area contributed by atoms with E-state index in [-0.39, 0.29) is 17.5 Å². The van der Waals surface area contributed by atoms with E-state index < -0.39 is 0 Å². The molecule has 3 heterocycles. The van der Waals surface area contributed by atoms with Crippen LogP contribution in [-0.2, 0) is 24.8 Å². The normalized spacial score (nSPS) is 23.2. The van der Waals surface area contributed by atoms with E-state index in [2.05, 4.69) is 5.10 Å². The van der Waals surface area contributed by atoms with Gasteiger partial charge in [-0.25, -0.2) is 9.48 Å². The molecule has 0 aliphatic carbocycles. The largest absolute Gasteiger partial charge is 0.345 e. The van der Waals surface area contributed by atoms with Crippen molar-refractivity contribution < 1.29 is 4.79 Å². The van der Waals surface area contributed by atoms with Crippen LogP contribution in [0.25, 0.3) is 0 Å². The molecule has 0 radical (unpaired) electrons. The van der Waals surface area contributed by atoms with Crippen LogP contribution in [0.5, 0.6) is 0 Å². The maximum atomic E-state index is 12.5. The van der Waals surface area contributed by atoms with E-state index in [1.165, 1.54) is 4.68 Å². The zero-order chi connectivity index (χ0) is 13.4. The average Bonchev–Trinajstić information content (AvgIpc) is 2.74. The Bertz CT molecular complexity index is 544. The lowest BCUT2D eigenvalue weighted by Gasteiger charge is -2.31. The number of aromatic nitrogens is 3. The first-order valence-electron chi connectivity index (χ1n) is 6.66. The first kappa shape index (κ1) is 12.8. The number of hydrogen-bond acceptors (Lipinski definition) is 4. The number of fused-ring (bicyclic) bond motifs is 1. The lowest BCUT2D eigenvalue weighted by molar-refractivity contribution is -0.136. The second-order valence-corrected chi connectivity index (χ2v) is 6.33. The fraction of sp³-hybridized carbons (Fsp3) is 0.750. The van der Waals surface area contributed by atoms with Crippen LogP contribution < -0.4 is 5.69 Å².